The zero-order chi connectivity index (χ0) is 24.2. The Hall–Kier alpha value is -4.40. The Morgan fingerprint density at radius 3 is 2.60 bits per heavy atom. The molecule has 2 aromatic carbocycles. The molecule has 0 radical (unpaired) electrons. The van der Waals surface area contributed by atoms with Crippen LogP contribution in [-0.2, 0) is 6.54 Å². The van der Waals surface area contributed by atoms with Gasteiger partial charge in [-0.25, -0.2) is 14.3 Å². The van der Waals surface area contributed by atoms with Gasteiger partial charge in [-0.3, -0.25) is 14.1 Å². The molecule has 8 nitrogen and oxygen atoms in total. The highest BCUT2D eigenvalue weighted by atomic mass is 19.1. The number of aromatic amines is 1. The molecule has 0 aliphatic heterocycles. The Morgan fingerprint density at radius 1 is 1.03 bits per heavy atom. The van der Waals surface area contributed by atoms with Gasteiger partial charge in [-0.15, -0.1) is 5.10 Å². The average Bonchev–Trinajstić information content (AvgIpc) is 3.55. The summed E-state index contributed by atoms with van der Waals surface area (Å²) < 4.78 is 17.8. The zero-order valence-electron chi connectivity index (χ0n) is 19.2. The van der Waals surface area contributed by atoms with Gasteiger partial charge < -0.3 is 0 Å². The largest absolute Gasteiger partial charge is 0.329 e. The lowest BCUT2D eigenvalue weighted by Gasteiger charge is -2.18. The van der Waals surface area contributed by atoms with Crippen molar-refractivity contribution in [1.82, 2.24) is 34.7 Å². The summed E-state index contributed by atoms with van der Waals surface area (Å²) in [6, 6.07) is 16.1. The first kappa shape index (κ1) is 22.4. The Labute approximate surface area is 201 Å². The molecule has 0 spiro atoms. The first-order chi connectivity index (χ1) is 17.2. The number of rotatable bonds is 8. The molecule has 1 atom stereocenters. The monoisotopic (exact) mass is 469 g/mol. The van der Waals surface area contributed by atoms with Crippen LogP contribution in [0.5, 0.6) is 0 Å². The quantitative estimate of drug-likeness (QED) is 0.362. The smallest absolute Gasteiger partial charge is 0.295 e. The van der Waals surface area contributed by atoms with Crippen LogP contribution in [0.1, 0.15) is 36.9 Å². The van der Waals surface area contributed by atoms with Crippen LogP contribution in [0.4, 0.5) is 4.39 Å². The summed E-state index contributed by atoms with van der Waals surface area (Å²) in [7, 11) is 0. The van der Waals surface area contributed by atoms with Gasteiger partial charge in [0.15, 0.2) is 5.82 Å². The summed E-state index contributed by atoms with van der Waals surface area (Å²) in [6.45, 7) is 2.44. The van der Waals surface area contributed by atoms with Crippen molar-refractivity contribution in [2.24, 2.45) is 0 Å². The maximum Gasteiger partial charge on any atom is 0.329 e. The minimum absolute atomic E-state index is 0.164. The number of tetrazole rings is 1. The molecule has 1 unspecified atom stereocenters. The van der Waals surface area contributed by atoms with E-state index in [9.17, 15) is 9.18 Å². The van der Waals surface area contributed by atoms with E-state index in [1.807, 2.05) is 37.3 Å². The first-order valence-electron chi connectivity index (χ1n) is 11.4. The van der Waals surface area contributed by atoms with Gasteiger partial charge >= 0.3 is 5.69 Å². The lowest BCUT2D eigenvalue weighted by molar-refractivity contribution is 0.481. The minimum Gasteiger partial charge on any atom is -0.295 e. The number of hydrogen-bond donors (Lipinski definition) is 1. The molecule has 176 valence electrons. The number of halogens is 1. The molecule has 35 heavy (non-hydrogen) atoms. The van der Waals surface area contributed by atoms with E-state index >= 15 is 0 Å². The fourth-order valence-corrected chi connectivity index (χ4v) is 4.34. The third-order valence-corrected chi connectivity index (χ3v) is 6.08. The van der Waals surface area contributed by atoms with Crippen LogP contribution < -0.4 is 5.69 Å². The number of pyridine rings is 1. The molecule has 0 amide bonds. The van der Waals surface area contributed by atoms with Crippen LogP contribution in [-0.4, -0.2) is 34.7 Å². The Balaban J connectivity index is 1.40. The third-order valence-electron chi connectivity index (χ3n) is 6.08. The number of nitrogens with one attached hydrogen (secondary N) is 1. The van der Waals surface area contributed by atoms with Gasteiger partial charge in [0.2, 0.25) is 0 Å². The highest BCUT2D eigenvalue weighted by Crippen LogP contribution is 2.29. The van der Waals surface area contributed by atoms with Crippen molar-refractivity contribution in [3.8, 4) is 22.5 Å². The van der Waals surface area contributed by atoms with E-state index in [1.165, 1.54) is 6.07 Å². The third kappa shape index (κ3) is 4.52. The fraction of sp³-hybridized carbons (Fsp3) is 0.192. The lowest BCUT2D eigenvalue weighted by Crippen LogP contribution is -2.28. The van der Waals surface area contributed by atoms with Gasteiger partial charge in [0.1, 0.15) is 5.82 Å². The van der Waals surface area contributed by atoms with Crippen molar-refractivity contribution in [2.75, 3.05) is 0 Å². The summed E-state index contributed by atoms with van der Waals surface area (Å²) in [4.78, 5) is 17.5. The van der Waals surface area contributed by atoms with E-state index in [0.717, 1.165) is 28.7 Å². The van der Waals surface area contributed by atoms with Gasteiger partial charge in [0, 0.05) is 41.5 Å². The molecule has 0 saturated heterocycles. The maximum absolute atomic E-state index is 14.5. The van der Waals surface area contributed by atoms with E-state index in [4.69, 9.17) is 0 Å². The predicted molar refractivity (Wildman–Crippen MR) is 130 cm³/mol. The van der Waals surface area contributed by atoms with Crippen LogP contribution in [0.2, 0.25) is 0 Å². The molecular formula is C26H24FN7O. The van der Waals surface area contributed by atoms with Gasteiger partial charge in [-0.05, 0) is 40.1 Å². The van der Waals surface area contributed by atoms with Crippen molar-refractivity contribution < 1.29 is 4.39 Å². The summed E-state index contributed by atoms with van der Waals surface area (Å²) in [5.41, 5.74) is 4.05. The number of H-pyrrole nitrogens is 1. The molecule has 5 aromatic rings. The van der Waals surface area contributed by atoms with Crippen LogP contribution in [0.15, 0.2) is 84.2 Å². The number of benzene rings is 2. The van der Waals surface area contributed by atoms with Crippen molar-refractivity contribution >= 4 is 0 Å². The molecule has 0 fully saturated rings. The van der Waals surface area contributed by atoms with E-state index in [1.54, 1.807) is 52.1 Å². The molecule has 3 heterocycles. The van der Waals surface area contributed by atoms with E-state index in [2.05, 4.69) is 25.6 Å². The van der Waals surface area contributed by atoms with Crippen LogP contribution in [0.3, 0.4) is 0 Å². The number of nitrogens with zero attached hydrogens (tertiary/aromatic N) is 6. The molecular weight excluding hydrogens is 445 g/mol. The van der Waals surface area contributed by atoms with E-state index < -0.39 is 0 Å². The van der Waals surface area contributed by atoms with Gasteiger partial charge in [-0.2, -0.15) is 0 Å². The highest BCUT2D eigenvalue weighted by molar-refractivity contribution is 5.79. The van der Waals surface area contributed by atoms with Gasteiger partial charge in [-0.1, -0.05) is 55.8 Å². The van der Waals surface area contributed by atoms with Gasteiger partial charge in [0.05, 0.1) is 12.6 Å². The Bertz CT molecular complexity index is 1470. The summed E-state index contributed by atoms with van der Waals surface area (Å²) in [5, 5.41) is 14.1. The molecule has 3 aromatic heterocycles. The second-order valence-corrected chi connectivity index (χ2v) is 8.31. The normalized spacial score (nSPS) is 12.1. The minimum atomic E-state index is -0.341. The topological polar surface area (TPSA) is 94.3 Å². The summed E-state index contributed by atoms with van der Waals surface area (Å²) in [5.74, 6) is 0.271. The van der Waals surface area contributed by atoms with Crippen molar-refractivity contribution in [2.45, 2.75) is 32.4 Å². The molecule has 0 aliphatic rings. The lowest BCUT2D eigenvalue weighted by atomic mass is 10.0. The Kier molecular flexibility index (Phi) is 6.30. The number of imidazole rings is 1. The highest BCUT2D eigenvalue weighted by Gasteiger charge is 2.19. The van der Waals surface area contributed by atoms with Crippen LogP contribution >= 0.6 is 0 Å². The van der Waals surface area contributed by atoms with E-state index in [-0.39, 0.29) is 17.5 Å². The standard InChI is InChI=1S/C26H24FN7O/c1-2-5-24(21-6-3-4-7-23(21)27)34-15-14-33(26(34)35)17-18-8-10-19(11-9-18)22-16-28-13-12-20(22)25-29-31-32-30-25/h3-4,6-16,24H,2,5,17H2,1H3,(H,29,30,31,32). The maximum atomic E-state index is 14.5. The zero-order valence-corrected chi connectivity index (χ0v) is 19.2. The average molecular weight is 470 g/mol. The second-order valence-electron chi connectivity index (χ2n) is 8.31. The predicted octanol–water partition coefficient (Wildman–Crippen LogP) is 4.47. The number of aromatic nitrogens is 7. The summed E-state index contributed by atoms with van der Waals surface area (Å²) >= 11 is 0. The molecule has 0 saturated carbocycles. The number of hydrogen-bond acceptors (Lipinski definition) is 5. The molecule has 0 bridgehead atoms. The SMILES string of the molecule is CCCC(c1ccccc1F)n1ccn(Cc2ccc(-c3cnccc3-c3nnn[nH]3)cc2)c1=O. The van der Waals surface area contributed by atoms with Crippen LogP contribution in [0.25, 0.3) is 22.5 Å². The van der Waals surface area contributed by atoms with Crippen molar-refractivity contribution in [3.05, 3.63) is 107 Å². The van der Waals surface area contributed by atoms with E-state index in [0.29, 0.717) is 24.4 Å². The van der Waals surface area contributed by atoms with Gasteiger partial charge in [0.25, 0.3) is 0 Å². The van der Waals surface area contributed by atoms with Crippen molar-refractivity contribution in [1.29, 1.82) is 0 Å². The molecule has 5 rings (SSSR count). The molecule has 1 N–H and O–H groups in total. The summed E-state index contributed by atoms with van der Waals surface area (Å²) in [6.07, 6.45) is 8.48. The molecule has 9 heteroatoms. The first-order valence-corrected chi connectivity index (χ1v) is 11.4. The fourth-order valence-electron chi connectivity index (χ4n) is 4.34. The second kappa shape index (κ2) is 9.84. The van der Waals surface area contributed by atoms with Crippen LogP contribution in [0, 0.1) is 5.82 Å². The molecule has 0 aliphatic carbocycles. The Morgan fingerprint density at radius 2 is 1.86 bits per heavy atom. The van der Waals surface area contributed by atoms with Crippen molar-refractivity contribution in [3.63, 3.8) is 0 Å².